The van der Waals surface area contributed by atoms with Crippen molar-refractivity contribution in [3.8, 4) is 11.1 Å². The lowest BCUT2D eigenvalue weighted by Gasteiger charge is -2.16. The van der Waals surface area contributed by atoms with Crippen LogP contribution >= 0.6 is 0 Å². The van der Waals surface area contributed by atoms with Crippen LogP contribution in [-0.2, 0) is 9.59 Å². The third-order valence-corrected chi connectivity index (χ3v) is 9.07. The molecule has 0 saturated heterocycles. The van der Waals surface area contributed by atoms with Crippen molar-refractivity contribution in [3.05, 3.63) is 132 Å². The Labute approximate surface area is 339 Å². The summed E-state index contributed by atoms with van der Waals surface area (Å²) in [6.45, 7) is 1.24. The van der Waals surface area contributed by atoms with E-state index in [9.17, 15) is 28.8 Å². The molecule has 0 bridgehead atoms. The van der Waals surface area contributed by atoms with Gasteiger partial charge in [0.05, 0.1) is 11.4 Å². The first kappa shape index (κ1) is 40.6. The molecule has 16 heteroatoms. The summed E-state index contributed by atoms with van der Waals surface area (Å²) in [4.78, 5) is 78.3. The second kappa shape index (κ2) is 20.2. The second-order valence-corrected chi connectivity index (χ2v) is 13.2. The molecule has 0 heterocycles. The highest BCUT2D eigenvalue weighted by atomic mass is 16.2. The van der Waals surface area contributed by atoms with Gasteiger partial charge in [-0.2, -0.15) is 9.98 Å². The number of amides is 8. The first-order valence-electron chi connectivity index (χ1n) is 18.7. The number of hydrogen-bond acceptors (Lipinski definition) is 8. The molecule has 8 amide bonds. The topological polar surface area (TPSA) is 223 Å². The molecule has 0 atom stereocenters. The number of anilines is 4. The maximum Gasteiger partial charge on any atom is 0.319 e. The second-order valence-electron chi connectivity index (χ2n) is 13.2. The van der Waals surface area contributed by atoms with Crippen LogP contribution in [0.5, 0.6) is 0 Å². The molecule has 0 aromatic heterocycles. The van der Waals surface area contributed by atoms with Crippen LogP contribution in [0, 0.1) is 0 Å². The van der Waals surface area contributed by atoms with Gasteiger partial charge in [0, 0.05) is 54.8 Å². The first-order valence-corrected chi connectivity index (χ1v) is 18.7. The van der Waals surface area contributed by atoms with Gasteiger partial charge in [0.25, 0.3) is 0 Å². The number of rotatable bonds is 15. The van der Waals surface area contributed by atoms with E-state index in [-0.39, 0.29) is 5.92 Å². The maximum atomic E-state index is 12.9. The fourth-order valence-corrected chi connectivity index (χ4v) is 6.52. The number of nitrogens with zero attached hydrogens (tertiary/aromatic N) is 2. The normalized spacial score (nSPS) is 11.9. The summed E-state index contributed by atoms with van der Waals surface area (Å²) in [7, 11) is 0. The molecule has 16 nitrogen and oxygen atoms in total. The van der Waals surface area contributed by atoms with Gasteiger partial charge in [-0.1, -0.05) is 54.6 Å². The zero-order valence-corrected chi connectivity index (χ0v) is 31.6. The summed E-state index contributed by atoms with van der Waals surface area (Å²) in [5.41, 5.74) is 8.00. The number of fused-ring (bicyclic) bond motifs is 3. The molecular weight excluding hydrogens is 753 g/mol. The largest absolute Gasteiger partial charge is 0.338 e. The standard InChI is InChI=1S/C43H40N10O6/c54-26-48-29-10-4-12-31(22-29)50-40(56)44-18-6-20-46-42(58)52-33-14-16-35-36-17-15-34(25-38(36)39(37(35)24-33)28-8-2-1-3-9-28)53-43(59)47-21-7-19-45-41(57)51-32-13-5-11-30(23-32)49-27-55/h1-5,8-17,22-25,39H,6-7,18-21H2,(H2,44,50,56)(H2,45,51,57)(H2,46,52,58)(H2,47,53,59). The van der Waals surface area contributed by atoms with Gasteiger partial charge in [-0.05, 0) is 101 Å². The van der Waals surface area contributed by atoms with Crippen LogP contribution in [0.2, 0.25) is 0 Å². The average molecular weight is 793 g/mol. The zero-order chi connectivity index (χ0) is 41.4. The predicted octanol–water partition coefficient (Wildman–Crippen LogP) is 7.45. The van der Waals surface area contributed by atoms with Gasteiger partial charge in [0.2, 0.25) is 12.2 Å². The summed E-state index contributed by atoms with van der Waals surface area (Å²) in [5.74, 6) is -0.161. The Bertz CT molecular complexity index is 2280. The van der Waals surface area contributed by atoms with E-state index >= 15 is 0 Å². The summed E-state index contributed by atoms with van der Waals surface area (Å²) in [6.07, 6.45) is 3.89. The molecule has 298 valence electrons. The number of urea groups is 4. The van der Waals surface area contributed by atoms with Crippen molar-refractivity contribution in [1.82, 2.24) is 21.3 Å². The Hall–Kier alpha value is -8.06. The lowest BCUT2D eigenvalue weighted by atomic mass is 9.89. The van der Waals surface area contributed by atoms with E-state index in [2.05, 4.69) is 52.5 Å². The third kappa shape index (κ3) is 11.5. The van der Waals surface area contributed by atoms with Crippen LogP contribution in [0.3, 0.4) is 0 Å². The van der Waals surface area contributed by atoms with Crippen molar-refractivity contribution in [2.24, 2.45) is 9.98 Å². The SMILES string of the molecule is O=C=Nc1cccc(NC(=O)NCCCNC(=O)Nc2ccc3c(c2)C(c2ccccc2)c2cc(NC(=O)NCCCNC(=O)Nc4cccc(N=C=O)c4)ccc2-3)c1. The molecule has 6 rings (SSSR count). The van der Waals surface area contributed by atoms with Crippen LogP contribution in [-0.4, -0.2) is 62.5 Å². The minimum atomic E-state index is -0.432. The van der Waals surface area contributed by atoms with E-state index in [1.807, 2.05) is 66.7 Å². The molecule has 0 spiro atoms. The molecule has 0 radical (unpaired) electrons. The Balaban J connectivity index is 0.980. The van der Waals surface area contributed by atoms with Crippen LogP contribution in [0.1, 0.15) is 35.4 Å². The predicted molar refractivity (Wildman–Crippen MR) is 225 cm³/mol. The Morgan fingerprint density at radius 3 is 1.24 bits per heavy atom. The highest BCUT2D eigenvalue weighted by Gasteiger charge is 2.31. The third-order valence-electron chi connectivity index (χ3n) is 9.07. The quantitative estimate of drug-likeness (QED) is 0.0299. The smallest absolute Gasteiger partial charge is 0.319 e. The maximum absolute atomic E-state index is 12.9. The lowest BCUT2D eigenvalue weighted by Crippen LogP contribution is -2.34. The van der Waals surface area contributed by atoms with Crippen molar-refractivity contribution in [3.63, 3.8) is 0 Å². The monoisotopic (exact) mass is 792 g/mol. The van der Waals surface area contributed by atoms with Gasteiger partial charge >= 0.3 is 24.1 Å². The molecule has 1 aliphatic rings. The summed E-state index contributed by atoms with van der Waals surface area (Å²) in [5, 5.41) is 22.3. The van der Waals surface area contributed by atoms with Crippen molar-refractivity contribution in [1.29, 1.82) is 0 Å². The summed E-state index contributed by atoms with van der Waals surface area (Å²) >= 11 is 0. The highest BCUT2D eigenvalue weighted by Crippen LogP contribution is 2.49. The van der Waals surface area contributed by atoms with E-state index in [1.54, 1.807) is 48.5 Å². The molecular formula is C43H40N10O6. The summed E-state index contributed by atoms with van der Waals surface area (Å²) < 4.78 is 0. The average Bonchev–Trinajstić information content (AvgIpc) is 3.54. The van der Waals surface area contributed by atoms with Crippen molar-refractivity contribution in [2.45, 2.75) is 18.8 Å². The zero-order valence-electron chi connectivity index (χ0n) is 31.6. The molecule has 5 aromatic rings. The molecule has 0 aliphatic heterocycles. The molecule has 0 saturated carbocycles. The van der Waals surface area contributed by atoms with Gasteiger partial charge in [0.1, 0.15) is 0 Å². The Kier molecular flexibility index (Phi) is 13.9. The first-order chi connectivity index (χ1) is 28.8. The fraction of sp³-hybridized carbons (Fsp3) is 0.163. The van der Waals surface area contributed by atoms with Crippen molar-refractivity contribution >= 4 is 70.4 Å². The number of nitrogens with one attached hydrogen (secondary N) is 8. The molecule has 5 aromatic carbocycles. The number of carbonyl (C=O) groups is 4. The van der Waals surface area contributed by atoms with E-state index in [0.717, 1.165) is 27.8 Å². The van der Waals surface area contributed by atoms with Crippen LogP contribution in [0.25, 0.3) is 11.1 Å². The fourth-order valence-electron chi connectivity index (χ4n) is 6.52. The minimum Gasteiger partial charge on any atom is -0.338 e. The van der Waals surface area contributed by atoms with Gasteiger partial charge < -0.3 is 42.5 Å². The molecule has 1 aliphatic carbocycles. The number of benzene rings is 5. The van der Waals surface area contributed by atoms with E-state index in [0.29, 0.717) is 73.1 Å². The lowest BCUT2D eigenvalue weighted by molar-refractivity contribution is 0.249. The molecule has 0 unspecified atom stereocenters. The number of aliphatic imine (C=N–C) groups is 2. The molecule has 0 fully saturated rings. The van der Waals surface area contributed by atoms with Gasteiger partial charge in [0.15, 0.2) is 0 Å². The Morgan fingerprint density at radius 1 is 0.458 bits per heavy atom. The highest BCUT2D eigenvalue weighted by molar-refractivity contribution is 5.94. The van der Waals surface area contributed by atoms with Gasteiger partial charge in [-0.15, -0.1) is 0 Å². The van der Waals surface area contributed by atoms with Crippen LogP contribution in [0.15, 0.2) is 125 Å². The number of hydrogen-bond donors (Lipinski definition) is 8. The van der Waals surface area contributed by atoms with Gasteiger partial charge in [-0.3, -0.25) is 0 Å². The van der Waals surface area contributed by atoms with E-state index in [1.165, 1.54) is 12.2 Å². The Morgan fingerprint density at radius 2 is 0.847 bits per heavy atom. The van der Waals surface area contributed by atoms with Gasteiger partial charge in [-0.25, -0.2) is 28.8 Å². The summed E-state index contributed by atoms with van der Waals surface area (Å²) in [6, 6.07) is 32.9. The van der Waals surface area contributed by atoms with E-state index < -0.39 is 24.1 Å². The van der Waals surface area contributed by atoms with Crippen LogP contribution in [0.4, 0.5) is 53.3 Å². The van der Waals surface area contributed by atoms with Crippen LogP contribution < -0.4 is 42.5 Å². The number of carbonyl (C=O) groups excluding carboxylic acids is 6. The van der Waals surface area contributed by atoms with Crippen molar-refractivity contribution in [2.75, 3.05) is 47.4 Å². The molecule has 59 heavy (non-hydrogen) atoms. The number of isocyanates is 2. The minimum absolute atomic E-state index is 0.161. The van der Waals surface area contributed by atoms with E-state index in [4.69, 9.17) is 0 Å². The molecule has 8 N–H and O–H groups in total. The van der Waals surface area contributed by atoms with Crippen molar-refractivity contribution < 1.29 is 28.8 Å².